The van der Waals surface area contributed by atoms with Crippen molar-refractivity contribution in [2.45, 2.75) is 13.3 Å². The van der Waals surface area contributed by atoms with Crippen LogP contribution in [0.1, 0.15) is 18.9 Å². The molecule has 1 aromatic rings. The monoisotopic (exact) mass is 192 g/mol. The lowest BCUT2D eigenvalue weighted by Gasteiger charge is -2.07. The van der Waals surface area contributed by atoms with Crippen LogP contribution in [0.4, 0.5) is 0 Å². The predicted octanol–water partition coefficient (Wildman–Crippen LogP) is 1.29. The second kappa shape index (κ2) is 4.41. The van der Waals surface area contributed by atoms with Crippen molar-refractivity contribution in [2.24, 2.45) is 5.73 Å². The summed E-state index contributed by atoms with van der Waals surface area (Å²) in [7, 11) is 0. The quantitative estimate of drug-likeness (QED) is 0.328. The Morgan fingerprint density at radius 3 is 2.71 bits per heavy atom. The normalized spacial score (nSPS) is 9.50. The largest absolute Gasteiger partial charge is 0.426 e. The molecule has 1 rings (SSSR count). The summed E-state index contributed by atoms with van der Waals surface area (Å²) in [5.74, 6) is -0.102. The van der Waals surface area contributed by atoms with Gasteiger partial charge in [-0.15, -0.1) is 0 Å². The van der Waals surface area contributed by atoms with Crippen LogP contribution in [-0.4, -0.2) is 11.8 Å². The van der Waals surface area contributed by atoms with Crippen molar-refractivity contribution < 1.29 is 9.53 Å². The number of esters is 1. The van der Waals surface area contributed by atoms with E-state index in [1.807, 2.05) is 0 Å². The summed E-state index contributed by atoms with van der Waals surface area (Å²) in [5, 5.41) is 7.26. The van der Waals surface area contributed by atoms with Gasteiger partial charge in [0.05, 0.1) is 5.56 Å². The fourth-order valence-corrected chi connectivity index (χ4v) is 0.973. The number of nitrogens with one attached hydrogen (secondary N) is 1. The van der Waals surface area contributed by atoms with Gasteiger partial charge in [0.2, 0.25) is 0 Å². The van der Waals surface area contributed by atoms with Crippen LogP contribution >= 0.6 is 0 Å². The molecule has 0 heterocycles. The van der Waals surface area contributed by atoms with Crippen LogP contribution in [0, 0.1) is 5.41 Å². The number of hydrogen-bond donors (Lipinski definition) is 2. The third kappa shape index (κ3) is 2.32. The van der Waals surface area contributed by atoms with E-state index < -0.39 is 0 Å². The second-order valence-corrected chi connectivity index (χ2v) is 2.74. The van der Waals surface area contributed by atoms with Crippen LogP contribution in [0.5, 0.6) is 5.75 Å². The van der Waals surface area contributed by atoms with Crippen LogP contribution in [0.3, 0.4) is 0 Å². The maximum atomic E-state index is 11.0. The lowest BCUT2D eigenvalue weighted by atomic mass is 10.2. The molecule has 0 saturated heterocycles. The minimum absolute atomic E-state index is 0.107. The highest BCUT2D eigenvalue weighted by molar-refractivity contribution is 5.98. The zero-order valence-electron chi connectivity index (χ0n) is 7.91. The van der Waals surface area contributed by atoms with Crippen LogP contribution < -0.4 is 10.5 Å². The number of ether oxygens (including phenoxy) is 1. The van der Waals surface area contributed by atoms with Gasteiger partial charge in [-0.2, -0.15) is 0 Å². The number of nitrogen functional groups attached to an aromatic ring is 1. The fourth-order valence-electron chi connectivity index (χ4n) is 0.973. The lowest BCUT2D eigenvalue weighted by Crippen LogP contribution is -2.15. The SMILES string of the molecule is CCC(=O)Oc1ccccc1C(=N)N. The van der Waals surface area contributed by atoms with Crippen LogP contribution in [0.15, 0.2) is 24.3 Å². The Morgan fingerprint density at radius 2 is 2.14 bits per heavy atom. The van der Waals surface area contributed by atoms with E-state index in [0.717, 1.165) is 0 Å². The first-order valence-electron chi connectivity index (χ1n) is 4.29. The van der Waals surface area contributed by atoms with E-state index >= 15 is 0 Å². The number of hydrogen-bond acceptors (Lipinski definition) is 3. The number of carbonyl (C=O) groups is 1. The number of para-hydroxylation sites is 1. The molecule has 14 heavy (non-hydrogen) atoms. The van der Waals surface area contributed by atoms with Gasteiger partial charge in [0.15, 0.2) is 0 Å². The van der Waals surface area contributed by atoms with Gasteiger partial charge >= 0.3 is 5.97 Å². The van der Waals surface area contributed by atoms with Crippen molar-refractivity contribution in [1.29, 1.82) is 5.41 Å². The van der Waals surface area contributed by atoms with Crippen molar-refractivity contribution >= 4 is 11.8 Å². The molecular weight excluding hydrogens is 180 g/mol. The predicted molar refractivity (Wildman–Crippen MR) is 53.4 cm³/mol. The molecular formula is C10H12N2O2. The molecule has 4 heteroatoms. The molecule has 0 unspecified atom stereocenters. The zero-order chi connectivity index (χ0) is 10.6. The third-order valence-electron chi connectivity index (χ3n) is 1.69. The van der Waals surface area contributed by atoms with E-state index in [2.05, 4.69) is 0 Å². The molecule has 0 atom stereocenters. The topological polar surface area (TPSA) is 76.2 Å². The van der Waals surface area contributed by atoms with Gasteiger partial charge in [0, 0.05) is 6.42 Å². The molecule has 0 amide bonds. The van der Waals surface area contributed by atoms with Crippen molar-refractivity contribution in [3.63, 3.8) is 0 Å². The Balaban J connectivity index is 2.95. The molecule has 0 fully saturated rings. The molecule has 3 N–H and O–H groups in total. The molecule has 0 spiro atoms. The summed E-state index contributed by atoms with van der Waals surface area (Å²) in [6, 6.07) is 6.72. The first kappa shape index (κ1) is 10.2. The molecule has 1 aromatic carbocycles. The molecule has 0 saturated carbocycles. The second-order valence-electron chi connectivity index (χ2n) is 2.74. The van der Waals surface area contributed by atoms with Crippen molar-refractivity contribution in [1.82, 2.24) is 0 Å². The van der Waals surface area contributed by atoms with Crippen LogP contribution in [0.2, 0.25) is 0 Å². The Bertz CT molecular complexity index is 361. The molecule has 0 aliphatic carbocycles. The van der Waals surface area contributed by atoms with Crippen LogP contribution in [-0.2, 0) is 4.79 Å². The number of amidine groups is 1. The molecule has 0 aliphatic heterocycles. The van der Waals surface area contributed by atoms with Crippen molar-refractivity contribution in [3.8, 4) is 5.75 Å². The average Bonchev–Trinajstić information content (AvgIpc) is 2.18. The maximum absolute atomic E-state index is 11.0. The maximum Gasteiger partial charge on any atom is 0.310 e. The Hall–Kier alpha value is -1.84. The standard InChI is InChI=1S/C10H12N2O2/c1-2-9(13)14-8-6-4-3-5-7(8)10(11)12/h3-6H,2H2,1H3,(H3,11,12). The van der Waals surface area contributed by atoms with E-state index in [-0.39, 0.29) is 11.8 Å². The van der Waals surface area contributed by atoms with Gasteiger partial charge in [-0.25, -0.2) is 0 Å². The summed E-state index contributed by atoms with van der Waals surface area (Å²) in [5.41, 5.74) is 5.76. The van der Waals surface area contributed by atoms with E-state index in [0.29, 0.717) is 17.7 Å². The molecule has 74 valence electrons. The smallest absolute Gasteiger partial charge is 0.310 e. The van der Waals surface area contributed by atoms with Gasteiger partial charge < -0.3 is 10.5 Å². The van der Waals surface area contributed by atoms with E-state index in [1.165, 1.54) is 0 Å². The van der Waals surface area contributed by atoms with E-state index in [9.17, 15) is 4.79 Å². The number of benzene rings is 1. The van der Waals surface area contributed by atoms with E-state index in [4.69, 9.17) is 15.9 Å². The van der Waals surface area contributed by atoms with Gasteiger partial charge in [-0.05, 0) is 12.1 Å². The van der Waals surface area contributed by atoms with Crippen molar-refractivity contribution in [3.05, 3.63) is 29.8 Å². The molecule has 0 aliphatic rings. The summed E-state index contributed by atoms with van der Waals surface area (Å²) < 4.78 is 5.00. The van der Waals surface area contributed by atoms with Gasteiger partial charge in [0.1, 0.15) is 11.6 Å². The minimum atomic E-state index is -0.335. The summed E-state index contributed by atoms with van der Waals surface area (Å²) in [6.45, 7) is 1.71. The fraction of sp³-hybridized carbons (Fsp3) is 0.200. The first-order valence-corrected chi connectivity index (χ1v) is 4.29. The van der Waals surface area contributed by atoms with Gasteiger partial charge in [-0.1, -0.05) is 19.1 Å². The van der Waals surface area contributed by atoms with Gasteiger partial charge in [0.25, 0.3) is 0 Å². The summed E-state index contributed by atoms with van der Waals surface area (Å²) in [4.78, 5) is 11.0. The molecule has 0 bridgehead atoms. The highest BCUT2D eigenvalue weighted by Crippen LogP contribution is 2.17. The van der Waals surface area contributed by atoms with Gasteiger partial charge in [-0.3, -0.25) is 10.2 Å². The highest BCUT2D eigenvalue weighted by Gasteiger charge is 2.08. The average molecular weight is 192 g/mol. The minimum Gasteiger partial charge on any atom is -0.426 e. The summed E-state index contributed by atoms with van der Waals surface area (Å²) in [6.07, 6.45) is 0.298. The lowest BCUT2D eigenvalue weighted by molar-refractivity contribution is -0.134. The summed E-state index contributed by atoms with van der Waals surface area (Å²) >= 11 is 0. The Labute approximate surface area is 82.2 Å². The van der Waals surface area contributed by atoms with E-state index in [1.54, 1.807) is 31.2 Å². The van der Waals surface area contributed by atoms with Crippen LogP contribution in [0.25, 0.3) is 0 Å². The Kier molecular flexibility index (Phi) is 3.23. The number of nitrogens with two attached hydrogens (primary N) is 1. The first-order chi connectivity index (χ1) is 6.65. The molecule has 0 radical (unpaired) electrons. The molecule has 0 aromatic heterocycles. The zero-order valence-corrected chi connectivity index (χ0v) is 7.91. The number of rotatable bonds is 3. The highest BCUT2D eigenvalue weighted by atomic mass is 16.5. The Morgan fingerprint density at radius 1 is 1.50 bits per heavy atom. The molecule has 4 nitrogen and oxygen atoms in total. The number of carbonyl (C=O) groups excluding carboxylic acids is 1. The van der Waals surface area contributed by atoms with Crippen molar-refractivity contribution in [2.75, 3.05) is 0 Å². The third-order valence-corrected chi connectivity index (χ3v) is 1.69.